The average molecular weight is 358 g/mol. The summed E-state index contributed by atoms with van der Waals surface area (Å²) in [5, 5.41) is 19.7. The first-order valence-corrected chi connectivity index (χ1v) is 8.77. The molecule has 7 heteroatoms. The number of carbonyl (C=O) groups is 2. The van der Waals surface area contributed by atoms with Crippen LogP contribution in [0.5, 0.6) is 0 Å². The van der Waals surface area contributed by atoms with Gasteiger partial charge in [-0.3, -0.25) is 9.59 Å². The lowest BCUT2D eigenvalue weighted by atomic mass is 9.58. The topological polar surface area (TPSA) is 106 Å². The van der Waals surface area contributed by atoms with E-state index in [0.29, 0.717) is 12.8 Å². The molecule has 0 aromatic carbocycles. The van der Waals surface area contributed by atoms with Crippen molar-refractivity contribution in [3.63, 3.8) is 0 Å². The van der Waals surface area contributed by atoms with E-state index in [0.717, 1.165) is 6.42 Å². The molecule has 0 radical (unpaired) electrons. The van der Waals surface area contributed by atoms with Crippen LogP contribution in [-0.2, 0) is 23.8 Å². The Balaban J connectivity index is 2.31. The van der Waals surface area contributed by atoms with Gasteiger partial charge in [0.1, 0.15) is 11.2 Å². The summed E-state index contributed by atoms with van der Waals surface area (Å²) in [6.45, 7) is 6.42. The molecule has 0 amide bonds. The number of ether oxygens (including phenoxy) is 3. The summed E-state index contributed by atoms with van der Waals surface area (Å²) in [4.78, 5) is 23.3. The maximum Gasteiger partial charge on any atom is 0.308 e. The summed E-state index contributed by atoms with van der Waals surface area (Å²) in [5.74, 6) is -1.02. The zero-order chi connectivity index (χ0) is 19.0. The Labute approximate surface area is 148 Å². The molecule has 1 saturated carbocycles. The highest BCUT2D eigenvalue weighted by atomic mass is 16.7. The summed E-state index contributed by atoms with van der Waals surface area (Å²) in [6, 6.07) is 0. The van der Waals surface area contributed by atoms with Gasteiger partial charge in [-0.05, 0) is 32.1 Å². The minimum absolute atomic E-state index is 0.0329. The summed E-state index contributed by atoms with van der Waals surface area (Å²) < 4.78 is 16.3. The molecule has 1 aliphatic heterocycles. The predicted octanol–water partition coefficient (Wildman–Crippen LogP) is 1.05. The second kappa shape index (κ2) is 6.85. The van der Waals surface area contributed by atoms with Crippen LogP contribution in [0.3, 0.4) is 0 Å². The van der Waals surface area contributed by atoms with Gasteiger partial charge in [0.05, 0.1) is 26.2 Å². The van der Waals surface area contributed by atoms with Crippen molar-refractivity contribution >= 4 is 11.9 Å². The van der Waals surface area contributed by atoms with Gasteiger partial charge in [-0.1, -0.05) is 13.8 Å². The molecule has 0 unspecified atom stereocenters. The number of epoxide rings is 1. The van der Waals surface area contributed by atoms with Gasteiger partial charge in [0.25, 0.3) is 0 Å². The van der Waals surface area contributed by atoms with Crippen molar-refractivity contribution in [2.24, 2.45) is 17.3 Å². The molecule has 1 saturated heterocycles. The van der Waals surface area contributed by atoms with E-state index in [1.165, 1.54) is 14.0 Å². The van der Waals surface area contributed by atoms with Gasteiger partial charge in [0.15, 0.2) is 6.10 Å². The van der Waals surface area contributed by atoms with Gasteiger partial charge < -0.3 is 24.4 Å². The molecule has 1 spiro atoms. The first kappa shape index (κ1) is 20.1. The van der Waals surface area contributed by atoms with Gasteiger partial charge in [-0.15, -0.1) is 0 Å². The third kappa shape index (κ3) is 3.06. The molecule has 7 nitrogen and oxygen atoms in total. The molecule has 25 heavy (non-hydrogen) atoms. The van der Waals surface area contributed by atoms with E-state index in [1.54, 1.807) is 6.92 Å². The van der Waals surface area contributed by atoms with Gasteiger partial charge in [-0.25, -0.2) is 0 Å². The Bertz CT molecular complexity index is 536. The third-order valence-corrected chi connectivity index (χ3v) is 6.46. The number of esters is 2. The van der Waals surface area contributed by atoms with E-state index in [-0.39, 0.29) is 31.0 Å². The first-order chi connectivity index (χ1) is 11.6. The van der Waals surface area contributed by atoms with Crippen LogP contribution in [0.1, 0.15) is 47.0 Å². The Kier molecular flexibility index (Phi) is 5.52. The SMILES string of the molecule is COC(=O)[C@@H](C)[C@@H]1CC[C@@](C)(CO)[C@@]2(C1)O[C@@]2(C)[C@H](CO)OC(C)=O. The fourth-order valence-electron chi connectivity index (χ4n) is 4.59. The minimum atomic E-state index is -0.903. The Morgan fingerprint density at radius 2 is 1.96 bits per heavy atom. The first-order valence-electron chi connectivity index (χ1n) is 8.77. The molecule has 1 heterocycles. The quantitative estimate of drug-likeness (QED) is 0.540. The molecule has 1 aliphatic carbocycles. The van der Waals surface area contributed by atoms with E-state index >= 15 is 0 Å². The standard InChI is InChI=1S/C18H30O7/c1-11(15(22)23-5)13-6-7-16(3,10-20)18(8-13)17(4,25-18)14(9-19)24-12(2)21/h11,13-14,19-20H,6-10H2,1-5H3/t11-,13+,14-,16-,17-,18+/m0/s1. The fraction of sp³-hybridized carbons (Fsp3) is 0.889. The van der Waals surface area contributed by atoms with Crippen molar-refractivity contribution in [2.75, 3.05) is 20.3 Å². The van der Waals surface area contributed by atoms with Crippen LogP contribution in [0, 0.1) is 17.3 Å². The highest BCUT2D eigenvalue weighted by Gasteiger charge is 2.79. The van der Waals surface area contributed by atoms with Crippen LogP contribution in [0.25, 0.3) is 0 Å². The zero-order valence-corrected chi connectivity index (χ0v) is 15.7. The fourth-order valence-corrected chi connectivity index (χ4v) is 4.59. The smallest absolute Gasteiger partial charge is 0.308 e. The summed E-state index contributed by atoms with van der Waals surface area (Å²) in [6.07, 6.45) is 1.16. The van der Waals surface area contributed by atoms with Crippen LogP contribution in [0.4, 0.5) is 0 Å². The van der Waals surface area contributed by atoms with Crippen molar-refractivity contribution < 1.29 is 34.0 Å². The van der Waals surface area contributed by atoms with Gasteiger partial charge in [-0.2, -0.15) is 0 Å². The number of aliphatic hydroxyl groups excluding tert-OH is 2. The Hall–Kier alpha value is -1.18. The lowest BCUT2D eigenvalue weighted by molar-refractivity contribution is -0.152. The van der Waals surface area contributed by atoms with Crippen LogP contribution in [0.15, 0.2) is 0 Å². The molecule has 2 rings (SSSR count). The monoisotopic (exact) mass is 358 g/mol. The van der Waals surface area contributed by atoms with Crippen molar-refractivity contribution in [3.05, 3.63) is 0 Å². The van der Waals surface area contributed by atoms with Crippen molar-refractivity contribution in [1.29, 1.82) is 0 Å². The molecule has 6 atom stereocenters. The lowest BCUT2D eigenvalue weighted by Gasteiger charge is -2.45. The molecule has 0 aromatic heterocycles. The molecule has 2 fully saturated rings. The molecular weight excluding hydrogens is 328 g/mol. The summed E-state index contributed by atoms with van der Waals surface area (Å²) in [5.41, 5.74) is -2.20. The highest BCUT2D eigenvalue weighted by molar-refractivity contribution is 5.72. The number of carbonyl (C=O) groups excluding carboxylic acids is 2. The van der Waals surface area contributed by atoms with E-state index in [2.05, 4.69) is 0 Å². The largest absolute Gasteiger partial charge is 0.469 e. The minimum Gasteiger partial charge on any atom is -0.469 e. The van der Waals surface area contributed by atoms with Crippen LogP contribution >= 0.6 is 0 Å². The predicted molar refractivity (Wildman–Crippen MR) is 88.6 cm³/mol. The van der Waals surface area contributed by atoms with Crippen molar-refractivity contribution in [2.45, 2.75) is 64.3 Å². The van der Waals surface area contributed by atoms with Gasteiger partial charge in [0, 0.05) is 12.3 Å². The Morgan fingerprint density at radius 1 is 1.32 bits per heavy atom. The normalized spacial score (nSPS) is 39.6. The van der Waals surface area contributed by atoms with Crippen LogP contribution in [0.2, 0.25) is 0 Å². The highest BCUT2D eigenvalue weighted by Crippen LogP contribution is 2.67. The maximum absolute atomic E-state index is 11.9. The number of hydrogen-bond donors (Lipinski definition) is 2. The second-order valence-electron chi connectivity index (χ2n) is 7.85. The van der Waals surface area contributed by atoms with Gasteiger partial charge >= 0.3 is 11.9 Å². The number of methoxy groups -OCH3 is 1. The maximum atomic E-state index is 11.9. The van der Waals surface area contributed by atoms with Crippen molar-refractivity contribution in [3.8, 4) is 0 Å². The molecule has 144 valence electrons. The number of rotatable bonds is 6. The van der Waals surface area contributed by atoms with Crippen molar-refractivity contribution in [1.82, 2.24) is 0 Å². The molecule has 2 N–H and O–H groups in total. The van der Waals surface area contributed by atoms with Crippen LogP contribution < -0.4 is 0 Å². The molecular formula is C18H30O7. The van der Waals surface area contributed by atoms with Gasteiger partial charge in [0.2, 0.25) is 0 Å². The van der Waals surface area contributed by atoms with E-state index < -0.39 is 28.7 Å². The van der Waals surface area contributed by atoms with E-state index in [1.807, 2.05) is 13.8 Å². The molecule has 0 bridgehead atoms. The Morgan fingerprint density at radius 3 is 2.44 bits per heavy atom. The van der Waals surface area contributed by atoms with E-state index in [4.69, 9.17) is 14.2 Å². The van der Waals surface area contributed by atoms with E-state index in [9.17, 15) is 19.8 Å². The zero-order valence-electron chi connectivity index (χ0n) is 15.7. The molecule has 0 aromatic rings. The lowest BCUT2D eigenvalue weighted by Crippen LogP contribution is -2.53. The third-order valence-electron chi connectivity index (χ3n) is 6.46. The number of aliphatic hydroxyl groups is 2. The second-order valence-corrected chi connectivity index (χ2v) is 7.85. The number of hydrogen-bond acceptors (Lipinski definition) is 7. The average Bonchev–Trinajstić information content (AvgIpc) is 3.20. The summed E-state index contributed by atoms with van der Waals surface area (Å²) >= 11 is 0. The molecule has 2 aliphatic rings. The van der Waals surface area contributed by atoms with Crippen LogP contribution in [-0.4, -0.2) is 59.8 Å². The summed E-state index contributed by atoms with van der Waals surface area (Å²) in [7, 11) is 1.37.